The van der Waals surface area contributed by atoms with Crippen LogP contribution in [-0.2, 0) is 0 Å². The van der Waals surface area contributed by atoms with Crippen LogP contribution in [0.15, 0.2) is 0 Å². The van der Waals surface area contributed by atoms with Crippen molar-refractivity contribution in [3.05, 3.63) is 0 Å². The molecule has 0 radical (unpaired) electrons. The summed E-state index contributed by atoms with van der Waals surface area (Å²) >= 11 is 0. The minimum Gasteiger partial charge on any atom is -0.147 e. The number of hydrogen-bond donors (Lipinski definition) is 0. The van der Waals surface area contributed by atoms with Gasteiger partial charge in [-0.15, -0.1) is 12.4 Å². The van der Waals surface area contributed by atoms with E-state index in [9.17, 15) is 0 Å². The predicted molar refractivity (Wildman–Crippen MR) is 92.3 cm³/mol. The molecule has 0 fully saturated rings. The molecule has 0 aliphatic heterocycles. The lowest BCUT2D eigenvalue weighted by molar-refractivity contribution is 0.0783. The van der Waals surface area contributed by atoms with Crippen molar-refractivity contribution in [2.75, 3.05) is 0 Å². The van der Waals surface area contributed by atoms with Crippen molar-refractivity contribution < 1.29 is 0 Å². The Morgan fingerprint density at radius 3 is 1.47 bits per heavy atom. The Hall–Kier alpha value is 0.290. The molecule has 0 aromatic heterocycles. The number of unbranched alkanes of at least 4 members (excludes halogenated alkanes) is 6. The lowest BCUT2D eigenvalue weighted by atomic mass is 9.63. The maximum atomic E-state index is 2.52. The highest BCUT2D eigenvalue weighted by molar-refractivity contribution is 5.85. The molecule has 118 valence electrons. The van der Waals surface area contributed by atoms with Gasteiger partial charge in [0, 0.05) is 0 Å². The number of hydrogen-bond acceptors (Lipinski definition) is 0. The SMILES string of the molecule is CCCCCCCCC(C)(CCCC)C(C)(C)C.Cl. The summed E-state index contributed by atoms with van der Waals surface area (Å²) in [6, 6.07) is 0. The second kappa shape index (κ2) is 11.0. The van der Waals surface area contributed by atoms with E-state index in [1.807, 2.05) is 0 Å². The lowest BCUT2D eigenvalue weighted by Gasteiger charge is -2.43. The van der Waals surface area contributed by atoms with Gasteiger partial charge in [-0.05, 0) is 23.7 Å². The van der Waals surface area contributed by atoms with Crippen LogP contribution in [0.1, 0.15) is 106 Å². The van der Waals surface area contributed by atoms with E-state index in [2.05, 4.69) is 41.5 Å². The smallest absolute Gasteiger partial charge is 0.0277 e. The first-order chi connectivity index (χ1) is 8.37. The second-order valence-corrected chi connectivity index (χ2v) is 7.43. The Balaban J connectivity index is 0. The van der Waals surface area contributed by atoms with Crippen LogP contribution in [0.5, 0.6) is 0 Å². The van der Waals surface area contributed by atoms with Gasteiger partial charge in [0.25, 0.3) is 0 Å². The summed E-state index contributed by atoms with van der Waals surface area (Å²) in [6.45, 7) is 14.4. The Kier molecular flexibility index (Phi) is 12.5. The van der Waals surface area contributed by atoms with Crippen molar-refractivity contribution in [2.24, 2.45) is 10.8 Å². The van der Waals surface area contributed by atoms with Gasteiger partial charge in [0.05, 0.1) is 0 Å². The third-order valence-electron chi connectivity index (χ3n) is 4.97. The molecule has 0 heterocycles. The highest BCUT2D eigenvalue weighted by Gasteiger charge is 2.35. The summed E-state index contributed by atoms with van der Waals surface area (Å²) in [5.41, 5.74) is 0.985. The Labute approximate surface area is 129 Å². The maximum absolute atomic E-state index is 2.52. The first-order valence-corrected chi connectivity index (χ1v) is 8.37. The molecule has 0 aliphatic rings. The Morgan fingerprint density at radius 1 is 0.579 bits per heavy atom. The molecule has 1 atom stereocenters. The van der Waals surface area contributed by atoms with Crippen LogP contribution in [-0.4, -0.2) is 0 Å². The highest BCUT2D eigenvalue weighted by Crippen LogP contribution is 2.46. The van der Waals surface area contributed by atoms with E-state index in [1.165, 1.54) is 64.2 Å². The van der Waals surface area contributed by atoms with Gasteiger partial charge in [0.2, 0.25) is 0 Å². The van der Waals surface area contributed by atoms with E-state index >= 15 is 0 Å². The lowest BCUT2D eigenvalue weighted by Crippen LogP contribution is -2.32. The van der Waals surface area contributed by atoms with Gasteiger partial charge in [-0.3, -0.25) is 0 Å². The molecule has 0 N–H and O–H groups in total. The topological polar surface area (TPSA) is 0 Å². The van der Waals surface area contributed by atoms with E-state index in [-0.39, 0.29) is 12.4 Å². The predicted octanol–water partition coefficient (Wildman–Crippen LogP) is 7.40. The molecule has 0 aromatic carbocycles. The maximum Gasteiger partial charge on any atom is -0.0277 e. The van der Waals surface area contributed by atoms with E-state index < -0.39 is 0 Å². The number of halogens is 1. The normalized spacial score (nSPS) is 14.8. The monoisotopic (exact) mass is 290 g/mol. The molecule has 0 amide bonds. The molecule has 0 rings (SSSR count). The first-order valence-electron chi connectivity index (χ1n) is 8.37. The molecule has 0 aromatic rings. The molecule has 0 saturated heterocycles. The minimum atomic E-state index is 0. The fourth-order valence-corrected chi connectivity index (χ4v) is 2.74. The van der Waals surface area contributed by atoms with Crippen molar-refractivity contribution in [1.82, 2.24) is 0 Å². The van der Waals surface area contributed by atoms with Crippen LogP contribution in [0, 0.1) is 10.8 Å². The van der Waals surface area contributed by atoms with Crippen LogP contribution in [0.25, 0.3) is 0 Å². The molecule has 0 saturated carbocycles. The van der Waals surface area contributed by atoms with Gasteiger partial charge in [-0.25, -0.2) is 0 Å². The zero-order valence-corrected chi connectivity index (χ0v) is 15.3. The molecular weight excluding hydrogens is 252 g/mol. The first kappa shape index (κ1) is 21.6. The largest absolute Gasteiger partial charge is 0.147 e. The molecule has 0 nitrogen and oxygen atoms in total. The van der Waals surface area contributed by atoms with Crippen LogP contribution >= 0.6 is 12.4 Å². The van der Waals surface area contributed by atoms with E-state index in [0.717, 1.165) is 0 Å². The number of rotatable bonds is 10. The summed E-state index contributed by atoms with van der Waals surface area (Å²) in [5, 5.41) is 0. The van der Waals surface area contributed by atoms with Crippen LogP contribution in [0.4, 0.5) is 0 Å². The van der Waals surface area contributed by atoms with Crippen LogP contribution in [0.2, 0.25) is 0 Å². The molecule has 1 unspecified atom stereocenters. The molecule has 1 heteroatoms. The zero-order chi connectivity index (χ0) is 14.1. The van der Waals surface area contributed by atoms with Crippen molar-refractivity contribution in [3.8, 4) is 0 Å². The molecular formula is C18H39Cl. The van der Waals surface area contributed by atoms with Crippen molar-refractivity contribution in [1.29, 1.82) is 0 Å². The minimum absolute atomic E-state index is 0. The Bertz CT molecular complexity index is 192. The van der Waals surface area contributed by atoms with Crippen LogP contribution < -0.4 is 0 Å². The summed E-state index contributed by atoms with van der Waals surface area (Å²) in [6.07, 6.45) is 14.1. The van der Waals surface area contributed by atoms with Crippen molar-refractivity contribution in [2.45, 2.75) is 106 Å². The van der Waals surface area contributed by atoms with Gasteiger partial charge >= 0.3 is 0 Å². The Morgan fingerprint density at radius 2 is 1.00 bits per heavy atom. The van der Waals surface area contributed by atoms with Crippen LogP contribution in [0.3, 0.4) is 0 Å². The van der Waals surface area contributed by atoms with Gasteiger partial charge in [0.15, 0.2) is 0 Å². The summed E-state index contributed by atoms with van der Waals surface area (Å²) in [4.78, 5) is 0. The van der Waals surface area contributed by atoms with E-state index in [0.29, 0.717) is 10.8 Å². The molecule has 0 spiro atoms. The standard InChI is InChI=1S/C18H38.ClH/c1-7-9-11-12-13-14-16-18(6,15-10-8-2)17(3,4)5;/h7-16H2,1-6H3;1H. The molecule has 0 bridgehead atoms. The quantitative estimate of drug-likeness (QED) is 0.368. The van der Waals surface area contributed by atoms with Gasteiger partial charge in [-0.1, -0.05) is 92.9 Å². The third kappa shape index (κ3) is 8.95. The summed E-state index contributed by atoms with van der Waals surface area (Å²) in [5.74, 6) is 0. The van der Waals surface area contributed by atoms with Gasteiger partial charge < -0.3 is 0 Å². The molecule has 19 heavy (non-hydrogen) atoms. The second-order valence-electron chi connectivity index (χ2n) is 7.43. The highest BCUT2D eigenvalue weighted by atomic mass is 35.5. The van der Waals surface area contributed by atoms with E-state index in [4.69, 9.17) is 0 Å². The van der Waals surface area contributed by atoms with Crippen molar-refractivity contribution in [3.63, 3.8) is 0 Å². The van der Waals surface area contributed by atoms with Gasteiger partial charge in [-0.2, -0.15) is 0 Å². The summed E-state index contributed by atoms with van der Waals surface area (Å²) < 4.78 is 0. The van der Waals surface area contributed by atoms with E-state index in [1.54, 1.807) is 0 Å². The zero-order valence-electron chi connectivity index (χ0n) is 14.5. The van der Waals surface area contributed by atoms with Crippen molar-refractivity contribution >= 4 is 12.4 Å². The third-order valence-corrected chi connectivity index (χ3v) is 4.97. The average Bonchev–Trinajstić information content (AvgIpc) is 2.29. The average molecular weight is 291 g/mol. The fraction of sp³-hybridized carbons (Fsp3) is 1.00. The molecule has 0 aliphatic carbocycles. The fourth-order valence-electron chi connectivity index (χ4n) is 2.74. The van der Waals surface area contributed by atoms with Gasteiger partial charge in [0.1, 0.15) is 0 Å². The summed E-state index contributed by atoms with van der Waals surface area (Å²) in [7, 11) is 0.